The molecule has 1 aromatic rings. The molecule has 0 atom stereocenters. The van der Waals surface area contributed by atoms with Crippen molar-refractivity contribution in [1.29, 1.82) is 0 Å². The predicted molar refractivity (Wildman–Crippen MR) is 80.5 cm³/mol. The second-order valence-electron chi connectivity index (χ2n) is 4.94. The molecule has 0 radical (unpaired) electrons. The van der Waals surface area contributed by atoms with Gasteiger partial charge in [0.05, 0.1) is 5.02 Å². The maximum Gasteiger partial charge on any atom is 0.495 e. The highest BCUT2D eigenvalue weighted by atomic mass is 35.5. The molecule has 106 valence electrons. The van der Waals surface area contributed by atoms with Crippen molar-refractivity contribution in [3.63, 3.8) is 0 Å². The summed E-state index contributed by atoms with van der Waals surface area (Å²) >= 11 is 11.8. The van der Waals surface area contributed by atoms with Crippen molar-refractivity contribution in [2.75, 3.05) is 13.2 Å². The Morgan fingerprint density at radius 1 is 1.11 bits per heavy atom. The van der Waals surface area contributed by atoms with Crippen molar-refractivity contribution < 1.29 is 14.4 Å². The third-order valence-electron chi connectivity index (χ3n) is 2.57. The summed E-state index contributed by atoms with van der Waals surface area (Å²) in [6.45, 7) is 9.28. The van der Waals surface area contributed by atoms with Crippen LogP contribution in [0.25, 0.3) is 0 Å². The Balaban J connectivity index is 0.000000861. The van der Waals surface area contributed by atoms with Gasteiger partial charge in [-0.2, -0.15) is 0 Å². The molecular weight excluding hydrogens is 286 g/mol. The van der Waals surface area contributed by atoms with E-state index in [2.05, 4.69) is 13.8 Å². The molecule has 1 fully saturated rings. The highest BCUT2D eigenvalue weighted by Gasteiger charge is 2.35. The maximum atomic E-state index is 9.56. The van der Waals surface area contributed by atoms with Gasteiger partial charge >= 0.3 is 7.12 Å². The lowest BCUT2D eigenvalue weighted by Gasteiger charge is -2.33. The molecular formula is C13H19BCl2O3. The van der Waals surface area contributed by atoms with Crippen molar-refractivity contribution in [3.8, 4) is 5.75 Å². The molecule has 1 aliphatic heterocycles. The molecule has 1 saturated heterocycles. The smallest absolute Gasteiger partial charge is 0.495 e. The zero-order valence-corrected chi connectivity index (χ0v) is 13.2. The van der Waals surface area contributed by atoms with Crippen LogP contribution in [0.15, 0.2) is 12.1 Å². The van der Waals surface area contributed by atoms with Gasteiger partial charge in [0.2, 0.25) is 0 Å². The lowest BCUT2D eigenvalue weighted by atomic mass is 9.76. The fourth-order valence-electron chi connectivity index (χ4n) is 1.61. The van der Waals surface area contributed by atoms with Crippen LogP contribution in [0.1, 0.15) is 27.7 Å². The van der Waals surface area contributed by atoms with Gasteiger partial charge in [-0.25, -0.2) is 0 Å². The Hall–Kier alpha value is -0.415. The zero-order chi connectivity index (χ0) is 14.6. The molecule has 1 aliphatic rings. The zero-order valence-electron chi connectivity index (χ0n) is 11.7. The van der Waals surface area contributed by atoms with E-state index < -0.39 is 7.12 Å². The first kappa shape index (κ1) is 16.6. The number of hydrogen-bond donors (Lipinski definition) is 1. The summed E-state index contributed by atoms with van der Waals surface area (Å²) in [6.07, 6.45) is 0. The normalized spacial score (nSPS) is 17.7. The summed E-state index contributed by atoms with van der Waals surface area (Å²) in [5.74, 6) is -0.0249. The summed E-state index contributed by atoms with van der Waals surface area (Å²) in [5.41, 5.74) is 0.598. The van der Waals surface area contributed by atoms with Crippen LogP contribution in [0.3, 0.4) is 0 Å². The van der Waals surface area contributed by atoms with Gasteiger partial charge in [0, 0.05) is 29.1 Å². The van der Waals surface area contributed by atoms with Gasteiger partial charge in [0.15, 0.2) is 0 Å². The summed E-state index contributed by atoms with van der Waals surface area (Å²) in [6, 6.07) is 2.97. The van der Waals surface area contributed by atoms with Gasteiger partial charge in [-0.3, -0.25) is 0 Å². The second kappa shape index (κ2) is 6.84. The fraction of sp³-hybridized carbons (Fsp3) is 0.538. The van der Waals surface area contributed by atoms with Crippen molar-refractivity contribution in [2.24, 2.45) is 5.41 Å². The lowest BCUT2D eigenvalue weighted by molar-refractivity contribution is 0.0343. The van der Waals surface area contributed by atoms with Crippen LogP contribution in [0.4, 0.5) is 0 Å². The number of benzene rings is 1. The lowest BCUT2D eigenvalue weighted by Crippen LogP contribution is -2.47. The minimum atomic E-state index is -0.543. The molecule has 0 spiro atoms. The average Bonchev–Trinajstić information content (AvgIpc) is 2.37. The minimum absolute atomic E-state index is 0.00253. The molecule has 1 N–H and O–H groups in total. The number of halogens is 2. The Morgan fingerprint density at radius 3 is 2.16 bits per heavy atom. The fourth-order valence-corrected chi connectivity index (χ4v) is 2.08. The predicted octanol–water partition coefficient (Wildman–Crippen LogP) is 3.49. The van der Waals surface area contributed by atoms with Crippen LogP contribution in [0, 0.1) is 5.41 Å². The summed E-state index contributed by atoms with van der Waals surface area (Å²) in [7, 11) is -0.543. The first-order valence-corrected chi connectivity index (χ1v) is 7.06. The van der Waals surface area contributed by atoms with Crippen LogP contribution in [-0.2, 0) is 9.31 Å². The third kappa shape index (κ3) is 4.28. The minimum Gasteiger partial charge on any atom is -0.506 e. The number of phenols is 1. The summed E-state index contributed by atoms with van der Waals surface area (Å²) in [5, 5.41) is 10.2. The van der Waals surface area contributed by atoms with Crippen molar-refractivity contribution in [1.82, 2.24) is 0 Å². The van der Waals surface area contributed by atoms with Gasteiger partial charge in [-0.1, -0.05) is 50.9 Å². The molecule has 3 nitrogen and oxygen atoms in total. The van der Waals surface area contributed by atoms with Crippen molar-refractivity contribution >= 4 is 35.8 Å². The molecule has 1 heterocycles. The van der Waals surface area contributed by atoms with Gasteiger partial charge < -0.3 is 14.4 Å². The molecule has 0 aromatic heterocycles. The Kier molecular flexibility index (Phi) is 5.99. The van der Waals surface area contributed by atoms with Crippen molar-refractivity contribution in [2.45, 2.75) is 27.7 Å². The van der Waals surface area contributed by atoms with E-state index in [1.807, 2.05) is 13.8 Å². The van der Waals surface area contributed by atoms with E-state index in [0.717, 1.165) is 0 Å². The second-order valence-corrected chi connectivity index (χ2v) is 5.76. The molecule has 0 aliphatic carbocycles. The monoisotopic (exact) mass is 304 g/mol. The van der Waals surface area contributed by atoms with Gasteiger partial charge in [0.1, 0.15) is 5.75 Å². The van der Waals surface area contributed by atoms with Crippen LogP contribution in [0.5, 0.6) is 5.75 Å². The standard InChI is InChI=1S/C11H13BCl2O3.C2H6/c1-11(2)5-16-12(17-6-11)7-3-10(15)9(14)4-8(7)13;1-2/h3-4,15H,5-6H2,1-2H3;1-2H3. The molecule has 0 bridgehead atoms. The SMILES string of the molecule is CC.CC1(C)COB(c2cc(O)c(Cl)cc2Cl)OC1. The molecule has 0 unspecified atom stereocenters. The highest BCUT2D eigenvalue weighted by Crippen LogP contribution is 2.27. The topological polar surface area (TPSA) is 38.7 Å². The molecule has 6 heteroatoms. The van der Waals surface area contributed by atoms with E-state index in [1.165, 1.54) is 12.1 Å². The highest BCUT2D eigenvalue weighted by molar-refractivity contribution is 6.65. The number of hydrogen-bond acceptors (Lipinski definition) is 3. The summed E-state index contributed by atoms with van der Waals surface area (Å²) < 4.78 is 11.2. The first-order chi connectivity index (χ1) is 8.89. The van der Waals surface area contributed by atoms with E-state index in [9.17, 15) is 5.11 Å². The first-order valence-electron chi connectivity index (χ1n) is 6.30. The van der Waals surface area contributed by atoms with Crippen LogP contribution in [0.2, 0.25) is 10.0 Å². The molecule has 1 aromatic carbocycles. The molecule has 19 heavy (non-hydrogen) atoms. The van der Waals surface area contributed by atoms with E-state index >= 15 is 0 Å². The number of aromatic hydroxyl groups is 1. The van der Waals surface area contributed by atoms with Crippen LogP contribution >= 0.6 is 23.2 Å². The van der Waals surface area contributed by atoms with Crippen molar-refractivity contribution in [3.05, 3.63) is 22.2 Å². The van der Waals surface area contributed by atoms with Crippen LogP contribution in [-0.4, -0.2) is 25.4 Å². The van der Waals surface area contributed by atoms with Gasteiger partial charge in [-0.15, -0.1) is 0 Å². The Labute approximate surface area is 125 Å². The van der Waals surface area contributed by atoms with Gasteiger partial charge in [0.25, 0.3) is 0 Å². The largest absolute Gasteiger partial charge is 0.506 e. The van der Waals surface area contributed by atoms with E-state index in [1.54, 1.807) is 0 Å². The van der Waals surface area contributed by atoms with E-state index in [4.69, 9.17) is 32.5 Å². The average molecular weight is 305 g/mol. The van der Waals surface area contributed by atoms with E-state index in [-0.39, 0.29) is 16.2 Å². The number of phenolic OH excluding ortho intramolecular Hbond substituents is 1. The number of rotatable bonds is 1. The quantitative estimate of drug-likeness (QED) is 0.807. The van der Waals surface area contributed by atoms with E-state index in [0.29, 0.717) is 23.7 Å². The molecule has 0 saturated carbocycles. The Bertz CT molecular complexity index is 428. The Morgan fingerprint density at radius 2 is 1.63 bits per heavy atom. The summed E-state index contributed by atoms with van der Waals surface area (Å²) in [4.78, 5) is 0. The molecule has 0 amide bonds. The van der Waals surface area contributed by atoms with Crippen LogP contribution < -0.4 is 5.46 Å². The van der Waals surface area contributed by atoms with Gasteiger partial charge in [-0.05, 0) is 12.1 Å². The third-order valence-corrected chi connectivity index (χ3v) is 3.20. The maximum absolute atomic E-state index is 9.56. The molecule has 2 rings (SSSR count).